The summed E-state index contributed by atoms with van der Waals surface area (Å²) in [5, 5.41) is 18.3. The number of aromatic nitrogens is 8. The van der Waals surface area contributed by atoms with Crippen LogP contribution in [0.3, 0.4) is 0 Å². The summed E-state index contributed by atoms with van der Waals surface area (Å²) < 4.78 is 90.5. The molecule has 0 bridgehead atoms. The number of hydrogen-bond acceptors (Lipinski definition) is 10. The van der Waals surface area contributed by atoms with Crippen LogP contribution in [0, 0.1) is 13.1 Å². The van der Waals surface area contributed by atoms with Gasteiger partial charge in [0.05, 0.1) is 67.8 Å². The average Bonchev–Trinajstić information content (AvgIpc) is 3.99. The van der Waals surface area contributed by atoms with Gasteiger partial charge in [-0.3, -0.25) is 9.97 Å². The molecule has 14 nitrogen and oxygen atoms in total. The van der Waals surface area contributed by atoms with E-state index in [1.807, 2.05) is 77.7 Å². The summed E-state index contributed by atoms with van der Waals surface area (Å²) in [6.07, 6.45) is -5.52. The molecule has 0 aliphatic carbocycles. The van der Waals surface area contributed by atoms with Crippen molar-refractivity contribution in [3.8, 4) is 33.8 Å². The summed E-state index contributed by atoms with van der Waals surface area (Å²) in [6.45, 7) is 15.9. The maximum Gasteiger partial charge on any atom is 0.451 e. The molecule has 8 aromatic rings. The predicted molar refractivity (Wildman–Crippen MR) is 240 cm³/mol. The Morgan fingerprint density at radius 2 is 1.13 bits per heavy atom. The lowest BCUT2D eigenvalue weighted by Gasteiger charge is -2.31. The number of ether oxygens (including phenoxy) is 2. The number of rotatable bonds is 5. The molecule has 2 aliphatic heterocycles. The largest absolute Gasteiger partial charge is 0.495 e. The van der Waals surface area contributed by atoms with Crippen molar-refractivity contribution in [1.82, 2.24) is 44.8 Å². The number of hydrogen-bond donors (Lipinski definition) is 1. The van der Waals surface area contributed by atoms with Crippen molar-refractivity contribution in [3.63, 3.8) is 0 Å². The third-order valence-electron chi connectivity index (χ3n) is 10.9. The number of pyridine rings is 2. The fraction of sp³-hybridized carbons (Fsp3) is 0.217. The van der Waals surface area contributed by atoms with Crippen LogP contribution in [0.1, 0.15) is 23.3 Å². The summed E-state index contributed by atoms with van der Waals surface area (Å²) in [6, 6.07) is 26.5. The minimum absolute atomic E-state index is 0.103. The molecule has 10 rings (SSSR count). The van der Waals surface area contributed by atoms with E-state index in [0.717, 1.165) is 63.4 Å². The van der Waals surface area contributed by atoms with Gasteiger partial charge in [0.2, 0.25) is 11.6 Å². The van der Waals surface area contributed by atoms with E-state index in [9.17, 15) is 26.3 Å². The van der Waals surface area contributed by atoms with E-state index in [1.54, 1.807) is 38.7 Å². The average molecular weight is 982 g/mol. The van der Waals surface area contributed by atoms with E-state index >= 15 is 0 Å². The maximum atomic E-state index is 13.2. The Kier molecular flexibility index (Phi) is 13.1. The standard InChI is InChI=1S/C23H17F3N6O.C17H11BrN2O.C6H7F3N4/c1-27-15-8-6-14(7-9-15)16-4-3-5-17-20(16)28-12-18(21(17)33-2)31-10-11-32-19(13-31)29-30-22(32)23(24,25)26;1-19-12-8-6-11(7-9-12)13-4-3-5-14-16(13)20-10-15(18)17(14)21-2;7-6(8,9)5-12-11-4-3-10-1-2-13(4)5/h3-9,12H,10-11,13H2,2H3;3-10H,2H3;10H,1-3H2. The minimum atomic E-state index is -4.54. The Morgan fingerprint density at radius 3 is 1.66 bits per heavy atom. The van der Waals surface area contributed by atoms with Crippen molar-refractivity contribution in [3.05, 3.63) is 148 Å². The first-order chi connectivity index (χ1) is 32.2. The Labute approximate surface area is 386 Å². The zero-order valence-electron chi connectivity index (χ0n) is 35.4. The molecule has 0 radical (unpaired) electrons. The second kappa shape index (κ2) is 19.1. The third kappa shape index (κ3) is 9.42. The molecule has 1 N–H and O–H groups in total. The van der Waals surface area contributed by atoms with Crippen LogP contribution in [-0.4, -0.2) is 66.8 Å². The van der Waals surface area contributed by atoms with Gasteiger partial charge in [0.15, 0.2) is 22.9 Å². The summed E-state index contributed by atoms with van der Waals surface area (Å²) in [5.41, 5.74) is 7.34. The fourth-order valence-corrected chi connectivity index (χ4v) is 8.26. The smallest absolute Gasteiger partial charge is 0.451 e. The summed E-state index contributed by atoms with van der Waals surface area (Å²) in [7, 11) is 3.21. The lowest BCUT2D eigenvalue weighted by Crippen LogP contribution is -2.35. The molecule has 21 heteroatoms. The van der Waals surface area contributed by atoms with Crippen LogP contribution in [0.15, 0.2) is 102 Å². The predicted octanol–water partition coefficient (Wildman–Crippen LogP) is 10.7. The topological polar surface area (TPSA) is 130 Å². The van der Waals surface area contributed by atoms with E-state index in [2.05, 4.69) is 61.3 Å². The van der Waals surface area contributed by atoms with E-state index < -0.39 is 24.0 Å². The number of fused-ring (bicyclic) bond motifs is 4. The second-order valence-corrected chi connectivity index (χ2v) is 15.7. The minimum Gasteiger partial charge on any atom is -0.495 e. The van der Waals surface area contributed by atoms with E-state index in [0.29, 0.717) is 48.3 Å². The zero-order chi connectivity index (χ0) is 47.5. The van der Waals surface area contributed by atoms with Gasteiger partial charge in [0, 0.05) is 54.3 Å². The Balaban J connectivity index is 0.000000152. The van der Waals surface area contributed by atoms with Gasteiger partial charge in [-0.05, 0) is 39.2 Å². The van der Waals surface area contributed by atoms with Gasteiger partial charge in [-0.1, -0.05) is 72.8 Å². The van der Waals surface area contributed by atoms with Crippen LogP contribution in [0.5, 0.6) is 11.5 Å². The van der Waals surface area contributed by atoms with Crippen LogP contribution in [-0.2, 0) is 38.5 Å². The molecule has 0 fully saturated rings. The SMILES string of the molecule is FC(F)(F)c1nnc2n1CCNC2.[C-]#[N+]c1ccc(-c2cccc3c(OC)c(Br)cnc23)cc1.[C-]#[N+]c1ccc(-c2cccc3c(OC)c(N4CCn5c(nnc5C(F)(F)F)C4)cnc23)cc1. The van der Waals surface area contributed by atoms with Gasteiger partial charge in [-0.2, -0.15) is 26.3 Å². The number of halogens is 7. The van der Waals surface area contributed by atoms with Gasteiger partial charge in [-0.25, -0.2) is 9.69 Å². The summed E-state index contributed by atoms with van der Waals surface area (Å²) in [4.78, 5) is 17.9. The zero-order valence-corrected chi connectivity index (χ0v) is 36.9. The number of benzene rings is 4. The van der Waals surface area contributed by atoms with Crippen LogP contribution in [0.4, 0.5) is 43.4 Å². The summed E-state index contributed by atoms with van der Waals surface area (Å²) >= 11 is 3.46. The van der Waals surface area contributed by atoms with Crippen LogP contribution >= 0.6 is 15.9 Å². The molecule has 340 valence electrons. The molecular formula is C46H35BrF6N12O2. The van der Waals surface area contributed by atoms with Gasteiger partial charge in [-0.15, -0.1) is 20.4 Å². The molecule has 0 amide bonds. The fourth-order valence-electron chi connectivity index (χ4n) is 7.78. The number of anilines is 1. The molecular weight excluding hydrogens is 946 g/mol. The van der Waals surface area contributed by atoms with Crippen molar-refractivity contribution in [1.29, 1.82) is 0 Å². The van der Waals surface area contributed by atoms with Crippen LogP contribution < -0.4 is 19.7 Å². The number of alkyl halides is 6. The van der Waals surface area contributed by atoms with E-state index in [-0.39, 0.29) is 25.5 Å². The highest BCUT2D eigenvalue weighted by atomic mass is 79.9. The summed E-state index contributed by atoms with van der Waals surface area (Å²) in [5.74, 6) is 0.0739. The van der Waals surface area contributed by atoms with Crippen molar-refractivity contribution in [2.45, 2.75) is 38.5 Å². The monoisotopic (exact) mass is 980 g/mol. The van der Waals surface area contributed by atoms with Gasteiger partial charge < -0.3 is 28.8 Å². The molecule has 0 atom stereocenters. The molecule has 0 unspecified atom stereocenters. The number of methoxy groups -OCH3 is 2. The van der Waals surface area contributed by atoms with Crippen LogP contribution in [0.25, 0.3) is 53.7 Å². The van der Waals surface area contributed by atoms with Crippen molar-refractivity contribution < 1.29 is 35.8 Å². The van der Waals surface area contributed by atoms with Crippen molar-refractivity contribution in [2.75, 3.05) is 32.2 Å². The quantitative estimate of drug-likeness (QED) is 0.131. The lowest BCUT2D eigenvalue weighted by molar-refractivity contribution is -0.148. The highest BCUT2D eigenvalue weighted by molar-refractivity contribution is 9.10. The first kappa shape index (κ1) is 45.9. The van der Waals surface area contributed by atoms with E-state index in [4.69, 9.17) is 22.6 Å². The Hall–Kier alpha value is -7.62. The van der Waals surface area contributed by atoms with Crippen molar-refractivity contribution in [2.24, 2.45) is 0 Å². The molecule has 0 saturated carbocycles. The molecule has 4 aromatic carbocycles. The molecule has 0 saturated heterocycles. The molecule has 0 spiro atoms. The number of nitrogens with zero attached hydrogens (tertiary/aromatic N) is 11. The third-order valence-corrected chi connectivity index (χ3v) is 11.4. The van der Waals surface area contributed by atoms with Gasteiger partial charge >= 0.3 is 12.4 Å². The molecule has 4 aromatic heterocycles. The lowest BCUT2D eigenvalue weighted by atomic mass is 10.0. The first-order valence-corrected chi connectivity index (χ1v) is 21.0. The molecule has 6 heterocycles. The molecule has 67 heavy (non-hydrogen) atoms. The Bertz CT molecular complexity index is 3180. The number of nitrogens with one attached hydrogen (secondary N) is 1. The van der Waals surface area contributed by atoms with Crippen LogP contribution in [0.2, 0.25) is 0 Å². The maximum absolute atomic E-state index is 13.2. The van der Waals surface area contributed by atoms with Gasteiger partial charge in [0.25, 0.3) is 0 Å². The molecule has 2 aliphatic rings. The van der Waals surface area contributed by atoms with Gasteiger partial charge in [0.1, 0.15) is 11.6 Å². The highest BCUT2D eigenvalue weighted by Crippen LogP contribution is 2.41. The van der Waals surface area contributed by atoms with E-state index in [1.165, 1.54) is 0 Å². The second-order valence-electron chi connectivity index (χ2n) is 14.8. The Morgan fingerprint density at radius 1 is 0.627 bits per heavy atom. The first-order valence-electron chi connectivity index (χ1n) is 20.2. The highest BCUT2D eigenvalue weighted by Gasteiger charge is 2.40. The number of para-hydroxylation sites is 2. The normalized spacial score (nSPS) is 13.3. The van der Waals surface area contributed by atoms with Crippen molar-refractivity contribution >= 4 is 54.8 Å².